The van der Waals surface area contributed by atoms with E-state index in [0.717, 1.165) is 19.5 Å². The van der Waals surface area contributed by atoms with Gasteiger partial charge in [-0.3, -0.25) is 4.99 Å². The van der Waals surface area contributed by atoms with Gasteiger partial charge in [0.25, 0.3) is 0 Å². The van der Waals surface area contributed by atoms with Gasteiger partial charge in [0.15, 0.2) is 0 Å². The summed E-state index contributed by atoms with van der Waals surface area (Å²) in [4.78, 5) is 6.80. The molecule has 0 fully saturated rings. The lowest BCUT2D eigenvalue weighted by molar-refractivity contribution is 0.359. The van der Waals surface area contributed by atoms with Gasteiger partial charge in [-0.25, -0.2) is 0 Å². The van der Waals surface area contributed by atoms with Crippen LogP contribution in [0.25, 0.3) is 0 Å². The Bertz CT molecular complexity index is 282. The molecular weight excluding hydrogens is 234 g/mol. The molecule has 0 saturated heterocycles. The lowest BCUT2D eigenvalue weighted by Crippen LogP contribution is -2.41. The van der Waals surface area contributed by atoms with Gasteiger partial charge < -0.3 is 10.6 Å². The molecule has 1 aliphatic rings. The number of amidine groups is 1. The summed E-state index contributed by atoms with van der Waals surface area (Å²) in [5, 5.41) is 0. The van der Waals surface area contributed by atoms with Gasteiger partial charge in [0, 0.05) is 13.0 Å². The predicted molar refractivity (Wildman–Crippen MR) is 84.4 cm³/mol. The van der Waals surface area contributed by atoms with Gasteiger partial charge in [-0.05, 0) is 32.6 Å². The van der Waals surface area contributed by atoms with Gasteiger partial charge in [0.05, 0.1) is 12.7 Å². The minimum atomic E-state index is 0.114. The lowest BCUT2D eigenvalue weighted by atomic mass is 10.1. The van der Waals surface area contributed by atoms with E-state index in [4.69, 9.17) is 5.73 Å². The summed E-state index contributed by atoms with van der Waals surface area (Å²) < 4.78 is 0. The van der Waals surface area contributed by atoms with E-state index in [1.54, 1.807) is 0 Å². The number of hydrogen-bond acceptors (Lipinski definition) is 3. The SMILES string of the molecule is CCCC/C=C/CCCCCC1=NCCN1C(C)N. The largest absolute Gasteiger partial charge is 0.343 e. The number of rotatable bonds is 10. The first-order chi connectivity index (χ1) is 9.25. The first-order valence-corrected chi connectivity index (χ1v) is 7.96. The Morgan fingerprint density at radius 1 is 1.21 bits per heavy atom. The van der Waals surface area contributed by atoms with Crippen LogP contribution >= 0.6 is 0 Å². The molecule has 0 amide bonds. The van der Waals surface area contributed by atoms with E-state index in [-0.39, 0.29) is 6.17 Å². The molecule has 1 aliphatic heterocycles. The number of hydrogen-bond donors (Lipinski definition) is 1. The maximum absolute atomic E-state index is 5.93. The number of nitrogens with two attached hydrogens (primary N) is 1. The van der Waals surface area contributed by atoms with Crippen molar-refractivity contribution in [1.29, 1.82) is 0 Å². The van der Waals surface area contributed by atoms with Crippen LogP contribution in [-0.2, 0) is 0 Å². The molecule has 0 bridgehead atoms. The van der Waals surface area contributed by atoms with E-state index in [9.17, 15) is 0 Å². The minimum absolute atomic E-state index is 0.114. The second kappa shape index (κ2) is 10.0. The van der Waals surface area contributed by atoms with Crippen molar-refractivity contribution < 1.29 is 0 Å². The molecule has 0 aromatic heterocycles. The molecule has 1 unspecified atom stereocenters. The molecule has 19 heavy (non-hydrogen) atoms. The zero-order chi connectivity index (χ0) is 13.9. The Balaban J connectivity index is 2.00. The van der Waals surface area contributed by atoms with E-state index in [1.165, 1.54) is 50.8 Å². The molecule has 0 spiro atoms. The highest BCUT2D eigenvalue weighted by Crippen LogP contribution is 2.12. The van der Waals surface area contributed by atoms with Crippen LogP contribution in [0.3, 0.4) is 0 Å². The van der Waals surface area contributed by atoms with E-state index >= 15 is 0 Å². The smallest absolute Gasteiger partial charge is 0.100 e. The van der Waals surface area contributed by atoms with E-state index in [0.29, 0.717) is 0 Å². The summed E-state index contributed by atoms with van der Waals surface area (Å²) in [6.45, 7) is 6.22. The summed E-state index contributed by atoms with van der Waals surface area (Å²) >= 11 is 0. The Hall–Kier alpha value is -0.830. The highest BCUT2D eigenvalue weighted by molar-refractivity contribution is 5.83. The normalized spacial score (nSPS) is 17.2. The van der Waals surface area contributed by atoms with Crippen LogP contribution in [0.4, 0.5) is 0 Å². The van der Waals surface area contributed by atoms with Gasteiger partial charge in [-0.2, -0.15) is 0 Å². The van der Waals surface area contributed by atoms with E-state index in [1.807, 2.05) is 6.92 Å². The molecule has 3 nitrogen and oxygen atoms in total. The van der Waals surface area contributed by atoms with Crippen LogP contribution in [0, 0.1) is 0 Å². The number of unbranched alkanes of at least 4 members (excludes halogenated alkanes) is 5. The van der Waals surface area contributed by atoms with Crippen molar-refractivity contribution in [2.75, 3.05) is 13.1 Å². The van der Waals surface area contributed by atoms with Gasteiger partial charge in [-0.1, -0.05) is 38.3 Å². The maximum atomic E-state index is 5.93. The fourth-order valence-corrected chi connectivity index (χ4v) is 2.45. The second-order valence-electron chi connectivity index (χ2n) is 5.44. The summed E-state index contributed by atoms with van der Waals surface area (Å²) in [5.74, 6) is 1.23. The van der Waals surface area contributed by atoms with Crippen molar-refractivity contribution in [2.24, 2.45) is 10.7 Å². The summed E-state index contributed by atoms with van der Waals surface area (Å²) in [5.41, 5.74) is 5.93. The monoisotopic (exact) mass is 265 g/mol. The summed E-state index contributed by atoms with van der Waals surface area (Å²) in [6, 6.07) is 0. The molecule has 0 aromatic rings. The molecular formula is C16H31N3. The average Bonchev–Trinajstić information content (AvgIpc) is 2.85. The quantitative estimate of drug-likeness (QED) is 0.483. The Morgan fingerprint density at radius 2 is 1.95 bits per heavy atom. The number of allylic oxidation sites excluding steroid dienone is 2. The number of aliphatic imine (C=N–C) groups is 1. The van der Waals surface area contributed by atoms with Crippen molar-refractivity contribution in [3.8, 4) is 0 Å². The maximum Gasteiger partial charge on any atom is 0.100 e. The van der Waals surface area contributed by atoms with E-state index < -0.39 is 0 Å². The topological polar surface area (TPSA) is 41.6 Å². The Kier molecular flexibility index (Phi) is 8.55. The standard InChI is InChI=1S/C16H31N3/c1-3-4-5-6-7-8-9-10-11-12-16-18-13-14-19(16)15(2)17/h6-7,15H,3-5,8-14,17H2,1-2H3/b7-6+. The highest BCUT2D eigenvalue weighted by Gasteiger charge is 2.18. The third-order valence-electron chi connectivity index (χ3n) is 3.62. The van der Waals surface area contributed by atoms with Crippen LogP contribution in [-0.4, -0.2) is 30.0 Å². The lowest BCUT2D eigenvalue weighted by Gasteiger charge is -2.24. The Morgan fingerprint density at radius 3 is 2.63 bits per heavy atom. The first-order valence-electron chi connectivity index (χ1n) is 7.96. The molecule has 2 N–H and O–H groups in total. The van der Waals surface area contributed by atoms with Crippen molar-refractivity contribution in [1.82, 2.24) is 4.90 Å². The van der Waals surface area contributed by atoms with Crippen LogP contribution in [0.2, 0.25) is 0 Å². The van der Waals surface area contributed by atoms with Gasteiger partial charge in [-0.15, -0.1) is 0 Å². The molecule has 1 atom stereocenters. The first kappa shape index (κ1) is 16.2. The molecule has 0 radical (unpaired) electrons. The molecule has 1 heterocycles. The van der Waals surface area contributed by atoms with Gasteiger partial charge in [0.2, 0.25) is 0 Å². The van der Waals surface area contributed by atoms with Crippen LogP contribution in [0.1, 0.15) is 65.2 Å². The number of nitrogens with zero attached hydrogens (tertiary/aromatic N) is 2. The van der Waals surface area contributed by atoms with Crippen molar-refractivity contribution in [3.63, 3.8) is 0 Å². The third-order valence-corrected chi connectivity index (χ3v) is 3.62. The highest BCUT2D eigenvalue weighted by atomic mass is 15.3. The zero-order valence-electron chi connectivity index (χ0n) is 12.8. The fourth-order valence-electron chi connectivity index (χ4n) is 2.45. The summed E-state index contributed by atoms with van der Waals surface area (Å²) in [7, 11) is 0. The molecule has 110 valence electrons. The second-order valence-corrected chi connectivity index (χ2v) is 5.44. The minimum Gasteiger partial charge on any atom is -0.343 e. The predicted octanol–water partition coefficient (Wildman–Crippen LogP) is 3.70. The zero-order valence-corrected chi connectivity index (χ0v) is 12.8. The van der Waals surface area contributed by atoms with Crippen molar-refractivity contribution in [3.05, 3.63) is 12.2 Å². The third kappa shape index (κ3) is 6.76. The fraction of sp³-hybridized carbons (Fsp3) is 0.812. The van der Waals surface area contributed by atoms with E-state index in [2.05, 4.69) is 29.0 Å². The molecule has 0 saturated carbocycles. The molecule has 0 aromatic carbocycles. The molecule has 3 heteroatoms. The Labute approximate surface area is 119 Å². The molecule has 0 aliphatic carbocycles. The van der Waals surface area contributed by atoms with Crippen LogP contribution < -0.4 is 5.73 Å². The van der Waals surface area contributed by atoms with Crippen LogP contribution in [0.15, 0.2) is 17.1 Å². The van der Waals surface area contributed by atoms with Crippen LogP contribution in [0.5, 0.6) is 0 Å². The van der Waals surface area contributed by atoms with Crippen molar-refractivity contribution in [2.45, 2.75) is 71.4 Å². The summed E-state index contributed by atoms with van der Waals surface area (Å²) in [6.07, 6.45) is 14.8. The van der Waals surface area contributed by atoms with Crippen molar-refractivity contribution >= 4 is 5.84 Å². The van der Waals surface area contributed by atoms with Gasteiger partial charge >= 0.3 is 0 Å². The van der Waals surface area contributed by atoms with Gasteiger partial charge in [0.1, 0.15) is 5.84 Å². The average molecular weight is 265 g/mol. The molecule has 1 rings (SSSR count).